The topological polar surface area (TPSA) is 38.3 Å². The van der Waals surface area contributed by atoms with E-state index in [0.29, 0.717) is 6.61 Å². The summed E-state index contributed by atoms with van der Waals surface area (Å²) in [6, 6.07) is 0. The second-order valence-electron chi connectivity index (χ2n) is 4.14. The van der Waals surface area contributed by atoms with Gasteiger partial charge in [0.25, 0.3) is 0 Å². The maximum Gasteiger partial charge on any atom is 0.225 e. The third-order valence-electron chi connectivity index (χ3n) is 1.83. The second kappa shape index (κ2) is 5.22. The molecule has 1 N–H and O–H groups in total. The van der Waals surface area contributed by atoms with Crippen molar-refractivity contribution in [3.63, 3.8) is 0 Å². The lowest BCUT2D eigenvalue weighted by atomic mass is 10.1. The van der Waals surface area contributed by atoms with Gasteiger partial charge in [0.05, 0.1) is 18.1 Å². The van der Waals surface area contributed by atoms with Crippen molar-refractivity contribution in [3.8, 4) is 0 Å². The molecule has 0 fully saturated rings. The van der Waals surface area contributed by atoms with Crippen LogP contribution in [0.15, 0.2) is 0 Å². The molecule has 0 saturated carbocycles. The van der Waals surface area contributed by atoms with Crippen LogP contribution in [0.2, 0.25) is 0 Å². The summed E-state index contributed by atoms with van der Waals surface area (Å²) in [5.41, 5.74) is -0.165. The third-order valence-corrected chi connectivity index (χ3v) is 1.83. The molecule has 0 radical (unpaired) electrons. The van der Waals surface area contributed by atoms with E-state index in [-0.39, 0.29) is 17.4 Å². The van der Waals surface area contributed by atoms with Gasteiger partial charge in [0.15, 0.2) is 0 Å². The molecule has 13 heavy (non-hydrogen) atoms. The molecule has 1 unspecified atom stereocenters. The number of hydrogen-bond acceptors (Lipinski definition) is 2. The Hall–Kier alpha value is -0.570. The lowest BCUT2D eigenvalue weighted by molar-refractivity contribution is -0.128. The summed E-state index contributed by atoms with van der Waals surface area (Å²) >= 11 is 0. The van der Waals surface area contributed by atoms with Crippen molar-refractivity contribution in [2.75, 3.05) is 13.7 Å². The average molecular weight is 187 g/mol. The zero-order valence-electron chi connectivity index (χ0n) is 9.31. The van der Waals surface area contributed by atoms with E-state index in [1.807, 2.05) is 27.7 Å². The monoisotopic (exact) mass is 187 g/mol. The molecule has 1 atom stereocenters. The average Bonchev–Trinajstić information content (AvgIpc) is 2.03. The minimum Gasteiger partial charge on any atom is -0.375 e. The minimum absolute atomic E-state index is 0.0239. The number of nitrogens with one attached hydrogen (secondary N) is 1. The number of rotatable bonds is 4. The Labute approximate surface area is 80.8 Å². The highest BCUT2D eigenvalue weighted by Gasteiger charge is 2.18. The number of hydrogen-bond donors (Lipinski definition) is 1. The zero-order valence-corrected chi connectivity index (χ0v) is 9.31. The number of carbonyl (C=O) groups excluding carboxylic acids is 1. The first kappa shape index (κ1) is 12.4. The van der Waals surface area contributed by atoms with Gasteiger partial charge in [-0.05, 0) is 27.2 Å². The van der Waals surface area contributed by atoms with Gasteiger partial charge in [0.1, 0.15) is 0 Å². The molecule has 0 bridgehead atoms. The maximum atomic E-state index is 11.3. The lowest BCUT2D eigenvalue weighted by Gasteiger charge is -2.22. The Morgan fingerprint density at radius 1 is 1.46 bits per heavy atom. The van der Waals surface area contributed by atoms with Crippen LogP contribution in [0, 0.1) is 5.92 Å². The standard InChI is InChI=1S/C10H21NO2/c1-6-8(9(12)11-5)7-13-10(2,3)4/h8H,6-7H2,1-5H3,(H,11,12). The van der Waals surface area contributed by atoms with Crippen LogP contribution in [-0.4, -0.2) is 25.2 Å². The molecule has 0 aliphatic carbocycles. The van der Waals surface area contributed by atoms with Crippen LogP contribution in [0.25, 0.3) is 0 Å². The van der Waals surface area contributed by atoms with Crippen molar-refractivity contribution in [1.82, 2.24) is 5.32 Å². The van der Waals surface area contributed by atoms with Crippen LogP contribution >= 0.6 is 0 Å². The first-order chi connectivity index (χ1) is 5.90. The van der Waals surface area contributed by atoms with Crippen LogP contribution < -0.4 is 5.32 Å². The van der Waals surface area contributed by atoms with E-state index in [1.165, 1.54) is 0 Å². The van der Waals surface area contributed by atoms with Crippen molar-refractivity contribution in [2.24, 2.45) is 5.92 Å². The summed E-state index contributed by atoms with van der Waals surface area (Å²) in [7, 11) is 1.65. The van der Waals surface area contributed by atoms with Crippen molar-refractivity contribution >= 4 is 5.91 Å². The molecule has 3 heteroatoms. The smallest absolute Gasteiger partial charge is 0.225 e. The quantitative estimate of drug-likeness (QED) is 0.725. The highest BCUT2D eigenvalue weighted by Crippen LogP contribution is 2.11. The largest absolute Gasteiger partial charge is 0.375 e. The minimum atomic E-state index is -0.165. The fourth-order valence-electron chi connectivity index (χ4n) is 0.934. The third kappa shape index (κ3) is 5.64. The molecule has 0 aromatic heterocycles. The molecule has 1 amide bonds. The van der Waals surface area contributed by atoms with Gasteiger partial charge in [-0.15, -0.1) is 0 Å². The molecule has 0 saturated heterocycles. The van der Waals surface area contributed by atoms with Crippen LogP contribution in [0.1, 0.15) is 34.1 Å². The van der Waals surface area contributed by atoms with Crippen LogP contribution in [0.3, 0.4) is 0 Å². The Kier molecular flexibility index (Phi) is 4.99. The maximum absolute atomic E-state index is 11.3. The predicted molar refractivity (Wildman–Crippen MR) is 53.6 cm³/mol. The van der Waals surface area contributed by atoms with E-state index in [4.69, 9.17) is 4.74 Å². The van der Waals surface area contributed by atoms with Crippen LogP contribution in [-0.2, 0) is 9.53 Å². The number of ether oxygens (including phenoxy) is 1. The van der Waals surface area contributed by atoms with Crippen LogP contribution in [0.4, 0.5) is 0 Å². The summed E-state index contributed by atoms with van der Waals surface area (Å²) in [6.07, 6.45) is 0.815. The summed E-state index contributed by atoms with van der Waals surface area (Å²) in [4.78, 5) is 11.3. The normalized spacial score (nSPS) is 13.9. The van der Waals surface area contributed by atoms with E-state index in [9.17, 15) is 4.79 Å². The molecule has 0 aromatic rings. The van der Waals surface area contributed by atoms with E-state index in [2.05, 4.69) is 5.32 Å². The molecule has 0 spiro atoms. The molecule has 0 heterocycles. The number of carbonyl (C=O) groups is 1. The van der Waals surface area contributed by atoms with Crippen molar-refractivity contribution in [3.05, 3.63) is 0 Å². The predicted octanol–water partition coefficient (Wildman–Crippen LogP) is 1.57. The Morgan fingerprint density at radius 2 is 2.00 bits per heavy atom. The highest BCUT2D eigenvalue weighted by molar-refractivity contribution is 5.78. The van der Waals surface area contributed by atoms with Crippen LogP contribution in [0.5, 0.6) is 0 Å². The molecular weight excluding hydrogens is 166 g/mol. The Bertz CT molecular complexity index is 161. The lowest BCUT2D eigenvalue weighted by Crippen LogP contribution is -2.33. The molecular formula is C10H21NO2. The molecule has 78 valence electrons. The molecule has 0 aliphatic rings. The molecule has 0 aromatic carbocycles. The van der Waals surface area contributed by atoms with Crippen molar-refractivity contribution in [2.45, 2.75) is 39.7 Å². The summed E-state index contributed by atoms with van der Waals surface area (Å²) in [5, 5.41) is 2.63. The SMILES string of the molecule is CCC(COC(C)(C)C)C(=O)NC. The fourth-order valence-corrected chi connectivity index (χ4v) is 0.934. The zero-order chi connectivity index (χ0) is 10.5. The molecule has 0 aliphatic heterocycles. The van der Waals surface area contributed by atoms with E-state index in [0.717, 1.165) is 6.42 Å². The molecule has 0 rings (SSSR count). The van der Waals surface area contributed by atoms with Gasteiger partial charge in [-0.25, -0.2) is 0 Å². The summed E-state index contributed by atoms with van der Waals surface area (Å²) in [5.74, 6) is 0.0379. The fraction of sp³-hybridized carbons (Fsp3) is 0.900. The first-order valence-corrected chi connectivity index (χ1v) is 4.76. The number of amides is 1. The van der Waals surface area contributed by atoms with E-state index in [1.54, 1.807) is 7.05 Å². The summed E-state index contributed by atoms with van der Waals surface area (Å²) < 4.78 is 5.54. The first-order valence-electron chi connectivity index (χ1n) is 4.76. The van der Waals surface area contributed by atoms with Gasteiger partial charge in [0, 0.05) is 7.05 Å². The van der Waals surface area contributed by atoms with Crippen molar-refractivity contribution < 1.29 is 9.53 Å². The van der Waals surface area contributed by atoms with Crippen molar-refractivity contribution in [1.29, 1.82) is 0 Å². The Morgan fingerprint density at radius 3 is 2.31 bits per heavy atom. The second-order valence-corrected chi connectivity index (χ2v) is 4.14. The molecule has 3 nitrogen and oxygen atoms in total. The van der Waals surface area contributed by atoms with Gasteiger partial charge < -0.3 is 10.1 Å². The summed E-state index contributed by atoms with van der Waals surface area (Å²) in [6.45, 7) is 8.46. The Balaban J connectivity index is 3.93. The van der Waals surface area contributed by atoms with Gasteiger partial charge in [-0.3, -0.25) is 4.79 Å². The van der Waals surface area contributed by atoms with Gasteiger partial charge in [-0.1, -0.05) is 6.92 Å². The van der Waals surface area contributed by atoms with Gasteiger partial charge in [-0.2, -0.15) is 0 Å². The highest BCUT2D eigenvalue weighted by atomic mass is 16.5. The van der Waals surface area contributed by atoms with E-state index >= 15 is 0 Å². The van der Waals surface area contributed by atoms with Gasteiger partial charge >= 0.3 is 0 Å². The van der Waals surface area contributed by atoms with Gasteiger partial charge in [0.2, 0.25) is 5.91 Å². The van der Waals surface area contributed by atoms with E-state index < -0.39 is 0 Å².